The third-order valence-electron chi connectivity index (χ3n) is 3.59. The molecule has 140 valence electrons. The fourth-order valence-electron chi connectivity index (χ4n) is 2.28. The first-order valence-corrected chi connectivity index (χ1v) is 8.07. The molecule has 0 aliphatic rings. The number of nitro groups is 1. The number of aromatic hydroxyl groups is 1. The number of nitrogens with zero attached hydrogens (tertiary/aromatic N) is 2. The Hall–Kier alpha value is -3.75. The Morgan fingerprint density at radius 1 is 1.22 bits per heavy atom. The van der Waals surface area contributed by atoms with Crippen LogP contribution in [-0.4, -0.2) is 28.1 Å². The van der Waals surface area contributed by atoms with E-state index in [1.807, 2.05) is 19.1 Å². The Bertz CT molecular complexity index is 895. The lowest BCUT2D eigenvalue weighted by Gasteiger charge is -2.09. The van der Waals surface area contributed by atoms with E-state index in [9.17, 15) is 24.8 Å². The number of anilines is 1. The molecule has 0 saturated carbocycles. The monoisotopic (exact) mass is 370 g/mol. The van der Waals surface area contributed by atoms with Crippen molar-refractivity contribution in [3.8, 4) is 5.75 Å². The molecule has 0 aliphatic carbocycles. The first-order chi connectivity index (χ1) is 12.9. The van der Waals surface area contributed by atoms with Crippen LogP contribution in [0.3, 0.4) is 0 Å². The number of benzene rings is 2. The van der Waals surface area contributed by atoms with Gasteiger partial charge in [-0.25, -0.2) is 5.43 Å². The first-order valence-electron chi connectivity index (χ1n) is 8.07. The van der Waals surface area contributed by atoms with Gasteiger partial charge in [-0.05, 0) is 30.2 Å². The van der Waals surface area contributed by atoms with Gasteiger partial charge < -0.3 is 10.4 Å². The van der Waals surface area contributed by atoms with Gasteiger partial charge in [-0.15, -0.1) is 0 Å². The van der Waals surface area contributed by atoms with Gasteiger partial charge in [-0.1, -0.05) is 25.1 Å². The highest BCUT2D eigenvalue weighted by molar-refractivity contribution is 6.04. The van der Waals surface area contributed by atoms with Crippen molar-refractivity contribution in [2.24, 2.45) is 5.10 Å². The zero-order valence-corrected chi connectivity index (χ0v) is 14.5. The van der Waals surface area contributed by atoms with Crippen LogP contribution in [0.5, 0.6) is 5.75 Å². The second-order valence-electron chi connectivity index (χ2n) is 5.53. The van der Waals surface area contributed by atoms with Crippen LogP contribution in [0, 0.1) is 10.1 Å². The molecule has 0 radical (unpaired) electrons. The van der Waals surface area contributed by atoms with Crippen molar-refractivity contribution in [3.05, 3.63) is 63.7 Å². The van der Waals surface area contributed by atoms with Crippen LogP contribution in [-0.2, 0) is 16.0 Å². The molecule has 9 heteroatoms. The lowest BCUT2D eigenvalue weighted by molar-refractivity contribution is -0.385. The lowest BCUT2D eigenvalue weighted by atomic mass is 10.1. The van der Waals surface area contributed by atoms with Gasteiger partial charge in [0.25, 0.3) is 0 Å². The summed E-state index contributed by atoms with van der Waals surface area (Å²) in [6.07, 6.45) is 1.49. The van der Waals surface area contributed by atoms with E-state index in [1.165, 1.54) is 12.3 Å². The van der Waals surface area contributed by atoms with Gasteiger partial charge in [0.1, 0.15) is 6.42 Å². The second-order valence-corrected chi connectivity index (χ2v) is 5.53. The molecule has 0 aliphatic heterocycles. The van der Waals surface area contributed by atoms with Gasteiger partial charge in [0, 0.05) is 17.3 Å². The van der Waals surface area contributed by atoms with Crippen molar-refractivity contribution in [3.63, 3.8) is 0 Å². The summed E-state index contributed by atoms with van der Waals surface area (Å²) >= 11 is 0. The van der Waals surface area contributed by atoms with Crippen molar-refractivity contribution in [2.45, 2.75) is 19.8 Å². The van der Waals surface area contributed by atoms with Gasteiger partial charge in [-0.2, -0.15) is 5.10 Å². The maximum Gasteiger partial charge on any atom is 0.311 e. The molecule has 27 heavy (non-hydrogen) atoms. The average Bonchev–Trinajstić information content (AvgIpc) is 2.63. The van der Waals surface area contributed by atoms with Crippen molar-refractivity contribution >= 4 is 29.4 Å². The highest BCUT2D eigenvalue weighted by Crippen LogP contribution is 2.25. The normalized spacial score (nSPS) is 10.6. The summed E-state index contributed by atoms with van der Waals surface area (Å²) in [5, 5.41) is 26.5. The molecule has 0 spiro atoms. The van der Waals surface area contributed by atoms with E-state index in [2.05, 4.69) is 15.8 Å². The number of phenolic OH excluding ortho intramolecular Hbond substituents is 1. The summed E-state index contributed by atoms with van der Waals surface area (Å²) < 4.78 is 0. The Morgan fingerprint density at radius 2 is 1.96 bits per heavy atom. The number of carbonyl (C=O) groups excluding carboxylic acids is 2. The number of hydrogen-bond acceptors (Lipinski definition) is 6. The third-order valence-corrected chi connectivity index (χ3v) is 3.59. The standard InChI is InChI=1S/C18H18N4O5/c1-2-13-5-3-4-6-14(13)20-17(24)10-18(25)21-19-11-12-7-8-16(23)15(9-12)22(26)27/h3-9,11,23H,2,10H2,1H3,(H,20,24)(H,21,25). The Labute approximate surface area is 154 Å². The Kier molecular flexibility index (Phi) is 6.59. The summed E-state index contributed by atoms with van der Waals surface area (Å²) in [5.41, 5.74) is 3.62. The third kappa shape index (κ3) is 5.63. The Morgan fingerprint density at radius 3 is 2.67 bits per heavy atom. The molecule has 0 fully saturated rings. The van der Waals surface area contributed by atoms with E-state index in [1.54, 1.807) is 12.1 Å². The summed E-state index contributed by atoms with van der Waals surface area (Å²) in [5.74, 6) is -1.58. The molecule has 2 amide bonds. The van der Waals surface area contributed by atoms with Gasteiger partial charge >= 0.3 is 5.69 Å². The molecule has 3 N–H and O–H groups in total. The van der Waals surface area contributed by atoms with E-state index in [0.717, 1.165) is 24.1 Å². The van der Waals surface area contributed by atoms with E-state index in [0.29, 0.717) is 11.3 Å². The quantitative estimate of drug-likeness (QED) is 0.298. The Balaban J connectivity index is 1.90. The zero-order chi connectivity index (χ0) is 19.8. The number of hydrogen-bond donors (Lipinski definition) is 3. The largest absolute Gasteiger partial charge is 0.502 e. The number of hydrazone groups is 1. The fourth-order valence-corrected chi connectivity index (χ4v) is 2.28. The second kappa shape index (κ2) is 9.09. The van der Waals surface area contributed by atoms with Gasteiger partial charge in [0.2, 0.25) is 11.8 Å². The van der Waals surface area contributed by atoms with Crippen LogP contribution >= 0.6 is 0 Å². The van der Waals surface area contributed by atoms with Crippen LogP contribution < -0.4 is 10.7 Å². The summed E-state index contributed by atoms with van der Waals surface area (Å²) in [6.45, 7) is 1.96. The van der Waals surface area contributed by atoms with Crippen molar-refractivity contribution in [1.82, 2.24) is 5.43 Å². The van der Waals surface area contributed by atoms with E-state index >= 15 is 0 Å². The molecule has 0 unspecified atom stereocenters. The number of carbonyl (C=O) groups is 2. The minimum atomic E-state index is -0.732. The highest BCUT2D eigenvalue weighted by atomic mass is 16.6. The number of nitrogens with one attached hydrogen (secondary N) is 2. The predicted molar refractivity (Wildman–Crippen MR) is 99.6 cm³/mol. The number of nitro benzene ring substituents is 1. The molecule has 9 nitrogen and oxygen atoms in total. The van der Waals surface area contributed by atoms with Crippen LogP contribution in [0.15, 0.2) is 47.6 Å². The molecular weight excluding hydrogens is 352 g/mol. The minimum Gasteiger partial charge on any atom is -0.502 e. The summed E-state index contributed by atoms with van der Waals surface area (Å²) in [6, 6.07) is 11.0. The predicted octanol–water partition coefficient (Wildman–Crippen LogP) is 2.34. The number of amides is 2. The fraction of sp³-hybridized carbons (Fsp3) is 0.167. The molecule has 2 aromatic rings. The van der Waals surface area contributed by atoms with E-state index in [4.69, 9.17) is 0 Å². The van der Waals surface area contributed by atoms with Gasteiger partial charge in [0.15, 0.2) is 5.75 Å². The molecular formula is C18H18N4O5. The summed E-state index contributed by atoms with van der Waals surface area (Å²) in [4.78, 5) is 33.8. The van der Waals surface area contributed by atoms with Gasteiger partial charge in [-0.3, -0.25) is 19.7 Å². The number of phenols is 1. The van der Waals surface area contributed by atoms with Crippen molar-refractivity contribution in [2.75, 3.05) is 5.32 Å². The average molecular weight is 370 g/mol. The number of aryl methyl sites for hydroxylation is 1. The first kappa shape index (κ1) is 19.6. The molecule has 0 saturated heterocycles. The molecule has 0 aromatic heterocycles. The van der Waals surface area contributed by atoms with Crippen LogP contribution in [0.2, 0.25) is 0 Å². The zero-order valence-electron chi connectivity index (χ0n) is 14.5. The SMILES string of the molecule is CCc1ccccc1NC(=O)CC(=O)NN=Cc1ccc(O)c([N+](=O)[O-])c1. The van der Waals surface area contributed by atoms with E-state index in [-0.39, 0.29) is 0 Å². The van der Waals surface area contributed by atoms with E-state index < -0.39 is 34.6 Å². The highest BCUT2D eigenvalue weighted by Gasteiger charge is 2.13. The molecule has 0 bridgehead atoms. The number of para-hydroxylation sites is 1. The van der Waals surface area contributed by atoms with Crippen LogP contribution in [0.1, 0.15) is 24.5 Å². The lowest BCUT2D eigenvalue weighted by Crippen LogP contribution is -2.25. The maximum absolute atomic E-state index is 12.0. The minimum absolute atomic E-state index is 0.307. The summed E-state index contributed by atoms with van der Waals surface area (Å²) in [7, 11) is 0. The molecule has 2 rings (SSSR count). The topological polar surface area (TPSA) is 134 Å². The van der Waals surface area contributed by atoms with Crippen molar-refractivity contribution in [1.29, 1.82) is 0 Å². The maximum atomic E-state index is 12.0. The van der Waals surface area contributed by atoms with Crippen molar-refractivity contribution < 1.29 is 19.6 Å². The molecule has 0 heterocycles. The molecule has 0 atom stereocenters. The number of rotatable bonds is 7. The van der Waals surface area contributed by atoms with Crippen LogP contribution in [0.25, 0.3) is 0 Å². The van der Waals surface area contributed by atoms with Crippen LogP contribution in [0.4, 0.5) is 11.4 Å². The molecule has 2 aromatic carbocycles. The van der Waals surface area contributed by atoms with Gasteiger partial charge in [0.05, 0.1) is 11.1 Å². The smallest absolute Gasteiger partial charge is 0.311 e.